The number of hydrogen-bond donors (Lipinski definition) is 1. The molecule has 0 radical (unpaired) electrons. The van der Waals surface area contributed by atoms with Crippen molar-refractivity contribution in [3.8, 4) is 0 Å². The van der Waals surface area contributed by atoms with Crippen LogP contribution < -0.4 is 10.2 Å². The number of thiazole rings is 1. The molecule has 12 heavy (non-hydrogen) atoms. The molecule has 3 nitrogen and oxygen atoms in total. The molecule has 1 aliphatic rings. The second kappa shape index (κ2) is 3.41. The Morgan fingerprint density at radius 1 is 1.75 bits per heavy atom. The van der Waals surface area contributed by atoms with E-state index in [1.807, 2.05) is 11.6 Å². The van der Waals surface area contributed by atoms with E-state index < -0.39 is 0 Å². The second-order valence-corrected chi connectivity index (χ2v) is 3.93. The average Bonchev–Trinajstić information content (AvgIpc) is 2.57. The van der Waals surface area contributed by atoms with Crippen molar-refractivity contribution in [2.45, 2.75) is 13.0 Å². The van der Waals surface area contributed by atoms with Gasteiger partial charge in [0.2, 0.25) is 0 Å². The zero-order valence-corrected chi connectivity index (χ0v) is 7.97. The number of anilines is 1. The number of nitrogens with zero attached hydrogens (tertiary/aromatic N) is 2. The Hall–Kier alpha value is -0.610. The summed E-state index contributed by atoms with van der Waals surface area (Å²) in [6.45, 7) is 5.45. The van der Waals surface area contributed by atoms with Crippen molar-refractivity contribution in [3.63, 3.8) is 0 Å². The first-order valence-electron chi connectivity index (χ1n) is 4.25. The third-order valence-electron chi connectivity index (χ3n) is 2.17. The van der Waals surface area contributed by atoms with Gasteiger partial charge in [0.1, 0.15) is 0 Å². The molecule has 1 aromatic heterocycles. The van der Waals surface area contributed by atoms with Gasteiger partial charge in [-0.1, -0.05) is 0 Å². The Morgan fingerprint density at radius 2 is 2.67 bits per heavy atom. The van der Waals surface area contributed by atoms with Gasteiger partial charge in [-0.15, -0.1) is 11.3 Å². The van der Waals surface area contributed by atoms with Crippen LogP contribution in [0.4, 0.5) is 5.13 Å². The van der Waals surface area contributed by atoms with Crippen molar-refractivity contribution in [1.29, 1.82) is 0 Å². The lowest BCUT2D eigenvalue weighted by Gasteiger charge is -2.33. The van der Waals surface area contributed by atoms with Gasteiger partial charge in [0.05, 0.1) is 0 Å². The molecule has 2 heterocycles. The normalized spacial score (nSPS) is 24.4. The van der Waals surface area contributed by atoms with Gasteiger partial charge in [-0.3, -0.25) is 0 Å². The van der Waals surface area contributed by atoms with Crippen molar-refractivity contribution >= 4 is 16.5 Å². The van der Waals surface area contributed by atoms with E-state index in [0.717, 1.165) is 24.8 Å². The number of rotatable bonds is 1. The van der Waals surface area contributed by atoms with Crippen LogP contribution in [0.25, 0.3) is 0 Å². The van der Waals surface area contributed by atoms with E-state index in [0.29, 0.717) is 6.04 Å². The Labute approximate surface area is 76.4 Å². The third-order valence-corrected chi connectivity index (χ3v) is 2.97. The topological polar surface area (TPSA) is 28.2 Å². The maximum atomic E-state index is 4.31. The quantitative estimate of drug-likeness (QED) is 0.702. The minimum atomic E-state index is 0.574. The molecule has 4 heteroatoms. The summed E-state index contributed by atoms with van der Waals surface area (Å²) >= 11 is 1.72. The van der Waals surface area contributed by atoms with Crippen LogP contribution in [0.5, 0.6) is 0 Å². The molecule has 66 valence electrons. The van der Waals surface area contributed by atoms with Crippen molar-refractivity contribution in [2.75, 3.05) is 24.5 Å². The Bertz CT molecular complexity index is 234. The summed E-state index contributed by atoms with van der Waals surface area (Å²) in [6, 6.07) is 0.574. The van der Waals surface area contributed by atoms with E-state index >= 15 is 0 Å². The fourth-order valence-corrected chi connectivity index (χ4v) is 2.25. The lowest BCUT2D eigenvalue weighted by molar-refractivity contribution is 0.500. The lowest BCUT2D eigenvalue weighted by Crippen LogP contribution is -2.49. The van der Waals surface area contributed by atoms with Crippen molar-refractivity contribution in [2.24, 2.45) is 0 Å². The molecule has 0 spiro atoms. The largest absolute Gasteiger partial charge is 0.343 e. The smallest absolute Gasteiger partial charge is 0.185 e. The first-order valence-corrected chi connectivity index (χ1v) is 5.13. The summed E-state index contributed by atoms with van der Waals surface area (Å²) in [6.07, 6.45) is 1.87. The fraction of sp³-hybridized carbons (Fsp3) is 0.625. The highest BCUT2D eigenvalue weighted by molar-refractivity contribution is 7.13. The molecule has 2 rings (SSSR count). The first kappa shape index (κ1) is 8.01. The summed E-state index contributed by atoms with van der Waals surface area (Å²) < 4.78 is 0. The van der Waals surface area contributed by atoms with Crippen LogP contribution in [0.2, 0.25) is 0 Å². The fourth-order valence-electron chi connectivity index (χ4n) is 1.48. The molecule has 1 fully saturated rings. The maximum Gasteiger partial charge on any atom is 0.185 e. The predicted molar refractivity (Wildman–Crippen MR) is 51.8 cm³/mol. The first-order chi connectivity index (χ1) is 5.88. The number of aromatic nitrogens is 1. The molecule has 0 aliphatic carbocycles. The molecule has 1 aromatic rings. The Morgan fingerprint density at radius 3 is 3.33 bits per heavy atom. The van der Waals surface area contributed by atoms with Gasteiger partial charge < -0.3 is 10.2 Å². The van der Waals surface area contributed by atoms with Crippen molar-refractivity contribution < 1.29 is 0 Å². The molecule has 0 saturated carbocycles. The highest BCUT2D eigenvalue weighted by Crippen LogP contribution is 2.20. The molecule has 0 bridgehead atoms. The van der Waals surface area contributed by atoms with Crippen LogP contribution in [-0.4, -0.2) is 30.7 Å². The molecular formula is C8H13N3S. The molecule has 1 aliphatic heterocycles. The van der Waals surface area contributed by atoms with Crippen LogP contribution in [-0.2, 0) is 0 Å². The molecule has 0 unspecified atom stereocenters. The lowest BCUT2D eigenvalue weighted by atomic mass is 10.2. The van der Waals surface area contributed by atoms with Crippen LogP contribution in [0.1, 0.15) is 6.92 Å². The molecular weight excluding hydrogens is 170 g/mol. The molecule has 1 N–H and O–H groups in total. The van der Waals surface area contributed by atoms with Gasteiger partial charge in [0, 0.05) is 37.3 Å². The van der Waals surface area contributed by atoms with Gasteiger partial charge in [0.15, 0.2) is 5.13 Å². The highest BCUT2D eigenvalue weighted by atomic mass is 32.1. The van der Waals surface area contributed by atoms with E-state index in [4.69, 9.17) is 0 Å². The standard InChI is InChI=1S/C8H13N3S/c1-7-6-9-2-4-11(7)8-10-3-5-12-8/h3,5,7,9H,2,4,6H2,1H3/t7-/m0/s1. The van der Waals surface area contributed by atoms with Gasteiger partial charge in [-0.05, 0) is 6.92 Å². The average molecular weight is 183 g/mol. The summed E-state index contributed by atoms with van der Waals surface area (Å²) in [5, 5.41) is 6.55. The van der Waals surface area contributed by atoms with Crippen molar-refractivity contribution in [1.82, 2.24) is 10.3 Å². The van der Waals surface area contributed by atoms with Crippen molar-refractivity contribution in [3.05, 3.63) is 11.6 Å². The minimum absolute atomic E-state index is 0.574. The van der Waals surface area contributed by atoms with E-state index in [1.54, 1.807) is 11.3 Å². The Kier molecular flexibility index (Phi) is 2.28. The van der Waals surface area contributed by atoms with E-state index in [1.165, 1.54) is 0 Å². The van der Waals surface area contributed by atoms with Gasteiger partial charge in [-0.2, -0.15) is 0 Å². The minimum Gasteiger partial charge on any atom is -0.343 e. The van der Waals surface area contributed by atoms with E-state index in [-0.39, 0.29) is 0 Å². The summed E-state index contributed by atoms with van der Waals surface area (Å²) in [5.74, 6) is 0. The summed E-state index contributed by atoms with van der Waals surface area (Å²) in [7, 11) is 0. The third kappa shape index (κ3) is 1.44. The molecule has 1 atom stereocenters. The van der Waals surface area contributed by atoms with E-state index in [9.17, 15) is 0 Å². The van der Waals surface area contributed by atoms with Crippen LogP contribution in [0.15, 0.2) is 11.6 Å². The molecule has 0 amide bonds. The van der Waals surface area contributed by atoms with E-state index in [2.05, 4.69) is 22.1 Å². The summed E-state index contributed by atoms with van der Waals surface area (Å²) in [4.78, 5) is 6.67. The zero-order valence-electron chi connectivity index (χ0n) is 7.16. The predicted octanol–water partition coefficient (Wildman–Crippen LogP) is 0.941. The van der Waals surface area contributed by atoms with Crippen LogP contribution in [0, 0.1) is 0 Å². The molecule has 0 aromatic carbocycles. The van der Waals surface area contributed by atoms with Gasteiger partial charge in [-0.25, -0.2) is 4.98 Å². The van der Waals surface area contributed by atoms with Gasteiger partial charge >= 0.3 is 0 Å². The Balaban J connectivity index is 2.11. The maximum absolute atomic E-state index is 4.31. The van der Waals surface area contributed by atoms with Crippen LogP contribution >= 0.6 is 11.3 Å². The number of nitrogens with one attached hydrogen (secondary N) is 1. The summed E-state index contributed by atoms with van der Waals surface area (Å²) in [5.41, 5.74) is 0. The molecule has 1 saturated heterocycles. The monoisotopic (exact) mass is 183 g/mol. The number of piperazine rings is 1. The zero-order chi connectivity index (χ0) is 8.39. The SMILES string of the molecule is C[C@H]1CNCCN1c1nccs1. The highest BCUT2D eigenvalue weighted by Gasteiger charge is 2.19. The number of hydrogen-bond acceptors (Lipinski definition) is 4. The van der Waals surface area contributed by atoms with Gasteiger partial charge in [0.25, 0.3) is 0 Å². The van der Waals surface area contributed by atoms with Crippen LogP contribution in [0.3, 0.4) is 0 Å². The second-order valence-electron chi connectivity index (χ2n) is 3.06.